The molecule has 7 heteroatoms. The molecule has 3 aromatic heterocycles. The smallest absolute Gasteiger partial charge is 0.276 e. The predicted octanol–water partition coefficient (Wildman–Crippen LogP) is 4.29. The van der Waals surface area contributed by atoms with Crippen molar-refractivity contribution in [3.8, 4) is 17.0 Å². The van der Waals surface area contributed by atoms with E-state index in [2.05, 4.69) is 10.1 Å². The number of aromatic nitrogens is 3. The van der Waals surface area contributed by atoms with Gasteiger partial charge in [0.05, 0.1) is 5.39 Å². The highest BCUT2D eigenvalue weighted by Crippen LogP contribution is 2.35. The van der Waals surface area contributed by atoms with Crippen LogP contribution in [0.5, 0.6) is 5.88 Å². The van der Waals surface area contributed by atoms with Crippen LogP contribution in [0.4, 0.5) is 0 Å². The van der Waals surface area contributed by atoms with E-state index in [9.17, 15) is 4.79 Å². The Morgan fingerprint density at radius 3 is 2.62 bits per heavy atom. The molecule has 0 bridgehead atoms. The molecule has 0 aliphatic rings. The summed E-state index contributed by atoms with van der Waals surface area (Å²) in [7, 11) is 1.63. The van der Waals surface area contributed by atoms with Crippen molar-refractivity contribution in [2.75, 3.05) is 0 Å². The zero-order chi connectivity index (χ0) is 18.1. The van der Waals surface area contributed by atoms with Crippen molar-refractivity contribution >= 4 is 33.0 Å². The average Bonchev–Trinajstić information content (AvgIpc) is 3.11. The molecule has 26 heavy (non-hydrogen) atoms. The minimum Gasteiger partial charge on any atom is -0.471 e. The molecular weight excluding hydrogens is 370 g/mol. The maximum absolute atomic E-state index is 12.7. The Kier molecular flexibility index (Phi) is 4.44. The highest BCUT2D eigenvalue weighted by atomic mass is 35.5. The number of thiophene rings is 1. The summed E-state index contributed by atoms with van der Waals surface area (Å²) in [6.45, 7) is 0.347. The molecule has 4 aromatic rings. The van der Waals surface area contributed by atoms with E-state index in [1.54, 1.807) is 19.4 Å². The number of rotatable bonds is 4. The first kappa shape index (κ1) is 16.8. The van der Waals surface area contributed by atoms with E-state index in [0.717, 1.165) is 21.4 Å². The summed E-state index contributed by atoms with van der Waals surface area (Å²) in [5.74, 6) is 0.447. The number of aryl methyl sites for hydroxylation is 1. The minimum atomic E-state index is -0.146. The van der Waals surface area contributed by atoms with Crippen LogP contribution < -0.4 is 10.3 Å². The molecule has 0 aliphatic heterocycles. The fraction of sp³-hybridized carbons (Fsp3) is 0.105. The van der Waals surface area contributed by atoms with Crippen LogP contribution in [0.1, 0.15) is 5.56 Å². The Labute approximate surface area is 158 Å². The predicted molar refractivity (Wildman–Crippen MR) is 104 cm³/mol. The van der Waals surface area contributed by atoms with Crippen molar-refractivity contribution in [1.82, 2.24) is 14.8 Å². The Morgan fingerprint density at radius 1 is 1.15 bits per heavy atom. The topological polar surface area (TPSA) is 57.0 Å². The molecule has 0 N–H and O–H groups in total. The van der Waals surface area contributed by atoms with Gasteiger partial charge in [-0.1, -0.05) is 23.7 Å². The zero-order valence-corrected chi connectivity index (χ0v) is 15.4. The highest BCUT2D eigenvalue weighted by Gasteiger charge is 2.17. The van der Waals surface area contributed by atoms with Crippen LogP contribution >= 0.6 is 22.9 Å². The number of pyridine rings is 1. The molecule has 5 nitrogen and oxygen atoms in total. The fourth-order valence-corrected chi connectivity index (χ4v) is 3.82. The van der Waals surface area contributed by atoms with E-state index >= 15 is 0 Å². The summed E-state index contributed by atoms with van der Waals surface area (Å²) in [5, 5.41) is 7.54. The van der Waals surface area contributed by atoms with Crippen molar-refractivity contribution < 1.29 is 4.74 Å². The standard InChI is InChI=1S/C19H14ClN3O2S/c1-23-19(24)16-15(13-6-8-21-9-7-13)11-26-17(16)18(22-23)25-10-12-2-4-14(20)5-3-12/h2-9,11H,10H2,1H3. The van der Waals surface area contributed by atoms with Gasteiger partial charge in [0.2, 0.25) is 5.88 Å². The van der Waals surface area contributed by atoms with E-state index in [1.807, 2.05) is 41.8 Å². The first-order valence-corrected chi connectivity index (χ1v) is 9.15. The lowest BCUT2D eigenvalue weighted by Crippen LogP contribution is -2.20. The number of nitrogens with zero attached hydrogens (tertiary/aromatic N) is 3. The Hall–Kier alpha value is -2.70. The zero-order valence-electron chi connectivity index (χ0n) is 13.8. The van der Waals surface area contributed by atoms with Gasteiger partial charge < -0.3 is 4.74 Å². The van der Waals surface area contributed by atoms with Crippen LogP contribution in [0.25, 0.3) is 21.2 Å². The molecule has 0 fully saturated rings. The molecule has 0 radical (unpaired) electrons. The molecule has 130 valence electrons. The number of halogens is 1. The van der Waals surface area contributed by atoms with Crippen LogP contribution in [0, 0.1) is 0 Å². The van der Waals surface area contributed by atoms with Crippen LogP contribution in [-0.2, 0) is 13.7 Å². The summed E-state index contributed by atoms with van der Waals surface area (Å²) < 4.78 is 7.98. The highest BCUT2D eigenvalue weighted by molar-refractivity contribution is 7.18. The SMILES string of the molecule is Cn1nc(OCc2ccc(Cl)cc2)c2scc(-c3ccncc3)c2c1=O. The van der Waals surface area contributed by atoms with Crippen molar-refractivity contribution in [2.45, 2.75) is 6.61 Å². The normalized spacial score (nSPS) is 11.0. The van der Waals surface area contributed by atoms with Crippen LogP contribution in [0.2, 0.25) is 5.02 Å². The molecule has 0 atom stereocenters. The summed E-state index contributed by atoms with van der Waals surface area (Å²) in [6.07, 6.45) is 3.42. The van der Waals surface area contributed by atoms with Crippen LogP contribution in [-0.4, -0.2) is 14.8 Å². The Morgan fingerprint density at radius 2 is 1.88 bits per heavy atom. The lowest BCUT2D eigenvalue weighted by atomic mass is 10.1. The number of hydrogen-bond acceptors (Lipinski definition) is 5. The molecule has 0 spiro atoms. The molecule has 0 unspecified atom stereocenters. The molecule has 0 amide bonds. The van der Waals surface area contributed by atoms with Gasteiger partial charge in [-0.2, -0.15) is 0 Å². The van der Waals surface area contributed by atoms with Gasteiger partial charge in [0.15, 0.2) is 0 Å². The summed E-state index contributed by atoms with van der Waals surface area (Å²) in [4.78, 5) is 16.7. The number of ether oxygens (including phenoxy) is 1. The third-order valence-corrected chi connectivity index (χ3v) is 5.23. The fourth-order valence-electron chi connectivity index (χ4n) is 2.69. The monoisotopic (exact) mass is 383 g/mol. The summed E-state index contributed by atoms with van der Waals surface area (Å²) in [5.41, 5.74) is 2.64. The first-order chi connectivity index (χ1) is 12.6. The second kappa shape index (κ2) is 6.90. The molecule has 0 saturated carbocycles. The largest absolute Gasteiger partial charge is 0.471 e. The maximum atomic E-state index is 12.7. The second-order valence-electron chi connectivity index (χ2n) is 5.74. The van der Waals surface area contributed by atoms with Gasteiger partial charge in [-0.15, -0.1) is 16.4 Å². The average molecular weight is 384 g/mol. The molecular formula is C19H14ClN3O2S. The number of hydrogen-bond donors (Lipinski definition) is 0. The Bertz CT molecular complexity index is 1120. The third kappa shape index (κ3) is 3.09. The number of benzene rings is 1. The van der Waals surface area contributed by atoms with Crippen molar-refractivity contribution in [3.63, 3.8) is 0 Å². The maximum Gasteiger partial charge on any atom is 0.276 e. The second-order valence-corrected chi connectivity index (χ2v) is 7.05. The lowest BCUT2D eigenvalue weighted by Gasteiger charge is -2.08. The lowest BCUT2D eigenvalue weighted by molar-refractivity contribution is 0.290. The van der Waals surface area contributed by atoms with Crippen LogP contribution in [0.3, 0.4) is 0 Å². The first-order valence-electron chi connectivity index (χ1n) is 7.89. The summed E-state index contributed by atoms with van der Waals surface area (Å²) >= 11 is 7.37. The van der Waals surface area contributed by atoms with Gasteiger partial charge in [0.1, 0.15) is 11.3 Å². The Balaban J connectivity index is 1.76. The van der Waals surface area contributed by atoms with Gasteiger partial charge in [0.25, 0.3) is 5.56 Å². The van der Waals surface area contributed by atoms with Crippen molar-refractivity contribution in [2.24, 2.45) is 7.05 Å². The van der Waals surface area contributed by atoms with E-state index in [0.29, 0.717) is 22.9 Å². The number of fused-ring (bicyclic) bond motifs is 1. The summed E-state index contributed by atoms with van der Waals surface area (Å²) in [6, 6.07) is 11.2. The van der Waals surface area contributed by atoms with Gasteiger partial charge in [-0.25, -0.2) is 4.68 Å². The van der Waals surface area contributed by atoms with Crippen molar-refractivity contribution in [3.05, 3.63) is 75.1 Å². The van der Waals surface area contributed by atoms with Gasteiger partial charge in [0, 0.05) is 35.4 Å². The van der Waals surface area contributed by atoms with Gasteiger partial charge in [-0.05, 0) is 35.4 Å². The van der Waals surface area contributed by atoms with E-state index in [1.165, 1.54) is 16.0 Å². The molecule has 0 saturated heterocycles. The molecule has 3 heterocycles. The van der Waals surface area contributed by atoms with Gasteiger partial charge in [-0.3, -0.25) is 9.78 Å². The quantitative estimate of drug-likeness (QED) is 0.527. The molecule has 1 aromatic carbocycles. The van der Waals surface area contributed by atoms with Crippen LogP contribution in [0.15, 0.2) is 59.0 Å². The van der Waals surface area contributed by atoms with E-state index < -0.39 is 0 Å². The van der Waals surface area contributed by atoms with E-state index in [4.69, 9.17) is 16.3 Å². The third-order valence-electron chi connectivity index (χ3n) is 4.01. The molecule has 0 aliphatic carbocycles. The van der Waals surface area contributed by atoms with Crippen molar-refractivity contribution in [1.29, 1.82) is 0 Å². The minimum absolute atomic E-state index is 0.146. The molecule has 4 rings (SSSR count). The van der Waals surface area contributed by atoms with E-state index in [-0.39, 0.29) is 5.56 Å². The van der Waals surface area contributed by atoms with Gasteiger partial charge >= 0.3 is 0 Å².